The van der Waals surface area contributed by atoms with Gasteiger partial charge in [0.05, 0.1) is 12.5 Å². The largest absolute Gasteiger partial charge is 0.508 e. The zero-order chi connectivity index (χ0) is 38.4. The van der Waals surface area contributed by atoms with Crippen LogP contribution < -0.4 is 27.0 Å². The Kier molecular flexibility index (Phi) is 15.8. The number of phenolic OH excluding ortho intramolecular Hbond substituents is 1. The van der Waals surface area contributed by atoms with Gasteiger partial charge in [0.2, 0.25) is 29.5 Å². The van der Waals surface area contributed by atoms with Crippen molar-refractivity contribution < 1.29 is 68.7 Å². The molecule has 0 spiro atoms. The van der Waals surface area contributed by atoms with Crippen LogP contribution >= 0.6 is 0 Å². The van der Waals surface area contributed by atoms with E-state index in [0.717, 1.165) is 11.8 Å². The number of aromatic hydroxyl groups is 1. The number of aliphatic carboxylic acids is 4. The lowest BCUT2D eigenvalue weighted by Crippen LogP contribution is -2.59. The number of carboxylic acids is 4. The molecule has 1 heterocycles. The second-order valence-corrected chi connectivity index (χ2v) is 11.9. The highest BCUT2D eigenvalue weighted by Crippen LogP contribution is 2.21. The predicted molar refractivity (Wildman–Crippen MR) is 172 cm³/mol. The molecule has 1 aromatic rings. The number of amides is 5. The maximum atomic E-state index is 13.8. The van der Waals surface area contributed by atoms with Crippen LogP contribution in [-0.2, 0) is 49.6 Å². The molecule has 0 aliphatic carbocycles. The van der Waals surface area contributed by atoms with Gasteiger partial charge in [0, 0.05) is 25.8 Å². The highest BCUT2D eigenvalue weighted by molar-refractivity contribution is 5.97. The van der Waals surface area contributed by atoms with Gasteiger partial charge < -0.3 is 57.4 Å². The van der Waals surface area contributed by atoms with E-state index >= 15 is 0 Å². The quantitative estimate of drug-likeness (QED) is 0.0665. The SMILES string of the molecule is C[C@H](NC(=O)[C@H](CCC(=O)O)NC(=O)[C@@H]1CCCN1C(=O)[C@H](CCC(=O)O)NC(=O)[C@H](Cc1ccc(O)cc1)NC(=O)[C@@H](N)CC(=O)O)C(=O)O. The van der Waals surface area contributed by atoms with Gasteiger partial charge in [-0.2, -0.15) is 0 Å². The number of carbonyl (C=O) groups excluding carboxylic acids is 5. The number of nitrogens with zero attached hydrogens (tertiary/aromatic N) is 1. The third-order valence-electron chi connectivity index (χ3n) is 7.85. The Morgan fingerprint density at radius 1 is 0.765 bits per heavy atom. The van der Waals surface area contributed by atoms with Gasteiger partial charge in [0.15, 0.2) is 0 Å². The molecule has 20 heteroatoms. The molecule has 11 N–H and O–H groups in total. The van der Waals surface area contributed by atoms with Crippen LogP contribution in [0.1, 0.15) is 57.4 Å². The summed E-state index contributed by atoms with van der Waals surface area (Å²) >= 11 is 0. The summed E-state index contributed by atoms with van der Waals surface area (Å²) < 4.78 is 0. The fraction of sp³-hybridized carbons (Fsp3) is 0.516. The van der Waals surface area contributed by atoms with E-state index in [2.05, 4.69) is 21.3 Å². The van der Waals surface area contributed by atoms with Gasteiger partial charge >= 0.3 is 23.9 Å². The maximum Gasteiger partial charge on any atom is 0.325 e. The minimum absolute atomic E-state index is 0.0316. The first-order chi connectivity index (χ1) is 23.9. The summed E-state index contributed by atoms with van der Waals surface area (Å²) in [5.74, 6) is -10.2. The standard InChI is InChI=1S/C31H42N6O14/c1-15(31(50)51)33-27(46)19(8-10-23(39)40)34-29(48)22-3-2-12-37(22)30(49)20(9-11-24(41)42)35-28(47)21(13-16-4-6-17(38)7-5-16)36-26(45)18(32)14-25(43)44/h4-7,15,18-22,38H,2-3,8-14,32H2,1H3,(H,33,46)(H,34,48)(H,35,47)(H,36,45)(H,39,40)(H,41,42)(H,43,44)(H,50,51)/t15-,18-,19-,20-,21-,22-/m0/s1. The molecular formula is C31H42N6O14. The van der Waals surface area contributed by atoms with Crippen molar-refractivity contribution in [3.63, 3.8) is 0 Å². The van der Waals surface area contributed by atoms with Crippen LogP contribution in [0.4, 0.5) is 0 Å². The Hall–Kier alpha value is -5.79. The van der Waals surface area contributed by atoms with Crippen molar-refractivity contribution in [1.29, 1.82) is 0 Å². The Morgan fingerprint density at radius 3 is 1.86 bits per heavy atom. The number of hydrogen-bond acceptors (Lipinski definition) is 11. The van der Waals surface area contributed by atoms with Gasteiger partial charge in [-0.15, -0.1) is 0 Å². The Balaban J connectivity index is 2.33. The predicted octanol–water partition coefficient (Wildman–Crippen LogP) is -2.50. The fourth-order valence-electron chi connectivity index (χ4n) is 5.12. The summed E-state index contributed by atoms with van der Waals surface area (Å²) in [6, 6.07) is -3.21. The van der Waals surface area contributed by atoms with Crippen LogP contribution in [0.2, 0.25) is 0 Å². The molecule has 2 rings (SSSR count). The van der Waals surface area contributed by atoms with E-state index in [0.29, 0.717) is 5.56 Å². The smallest absolute Gasteiger partial charge is 0.325 e. The number of likely N-dealkylation sites (tertiary alicyclic amines) is 1. The maximum absolute atomic E-state index is 13.8. The molecule has 0 saturated carbocycles. The number of phenols is 1. The van der Waals surface area contributed by atoms with Gasteiger partial charge in [-0.25, -0.2) is 0 Å². The molecule has 5 amide bonds. The highest BCUT2D eigenvalue weighted by atomic mass is 16.4. The van der Waals surface area contributed by atoms with Crippen LogP contribution in [0.25, 0.3) is 0 Å². The van der Waals surface area contributed by atoms with Crippen molar-refractivity contribution in [2.45, 2.75) is 94.5 Å². The molecule has 1 aliphatic rings. The molecule has 0 radical (unpaired) electrons. The van der Waals surface area contributed by atoms with Crippen molar-refractivity contribution >= 4 is 53.4 Å². The van der Waals surface area contributed by atoms with Crippen LogP contribution in [0.15, 0.2) is 24.3 Å². The van der Waals surface area contributed by atoms with Crippen molar-refractivity contribution in [2.75, 3.05) is 6.54 Å². The van der Waals surface area contributed by atoms with E-state index in [1.54, 1.807) is 0 Å². The molecule has 51 heavy (non-hydrogen) atoms. The second kappa shape index (κ2) is 19.4. The van der Waals surface area contributed by atoms with Crippen molar-refractivity contribution in [2.24, 2.45) is 5.73 Å². The number of benzene rings is 1. The van der Waals surface area contributed by atoms with Crippen molar-refractivity contribution in [3.8, 4) is 5.75 Å². The topological polar surface area (TPSA) is 332 Å². The lowest BCUT2D eigenvalue weighted by Gasteiger charge is -2.30. The van der Waals surface area contributed by atoms with E-state index in [-0.39, 0.29) is 31.6 Å². The highest BCUT2D eigenvalue weighted by Gasteiger charge is 2.40. The molecule has 6 atom stereocenters. The number of hydrogen-bond donors (Lipinski definition) is 10. The minimum Gasteiger partial charge on any atom is -0.508 e. The van der Waals surface area contributed by atoms with Crippen molar-refractivity contribution in [3.05, 3.63) is 29.8 Å². The van der Waals surface area contributed by atoms with E-state index in [1.807, 2.05) is 0 Å². The van der Waals surface area contributed by atoms with Crippen LogP contribution in [0.5, 0.6) is 5.75 Å². The van der Waals surface area contributed by atoms with E-state index in [4.69, 9.17) is 21.1 Å². The van der Waals surface area contributed by atoms with Gasteiger partial charge in [-0.3, -0.25) is 43.2 Å². The molecule has 280 valence electrons. The molecule has 0 bridgehead atoms. The normalized spacial score (nSPS) is 16.7. The number of nitrogens with two attached hydrogens (primary N) is 1. The third kappa shape index (κ3) is 13.6. The summed E-state index contributed by atoms with van der Waals surface area (Å²) in [5, 5.41) is 55.5. The number of rotatable bonds is 20. The van der Waals surface area contributed by atoms with Crippen LogP contribution in [0, 0.1) is 0 Å². The van der Waals surface area contributed by atoms with Gasteiger partial charge in [-0.1, -0.05) is 12.1 Å². The summed E-state index contributed by atoms with van der Waals surface area (Å²) in [6.07, 6.45) is -2.72. The Morgan fingerprint density at radius 2 is 1.31 bits per heavy atom. The molecule has 1 saturated heterocycles. The zero-order valence-corrected chi connectivity index (χ0v) is 27.6. The summed E-state index contributed by atoms with van der Waals surface area (Å²) in [7, 11) is 0. The van der Waals surface area contributed by atoms with Gasteiger partial charge in [-0.05, 0) is 50.3 Å². The minimum atomic E-state index is -1.56. The summed E-state index contributed by atoms with van der Waals surface area (Å²) in [5.41, 5.74) is 6.08. The average molecular weight is 723 g/mol. The van der Waals surface area contributed by atoms with E-state index in [9.17, 15) is 53.4 Å². The molecule has 1 aromatic carbocycles. The lowest BCUT2D eigenvalue weighted by atomic mass is 10.0. The van der Waals surface area contributed by atoms with E-state index < -0.39 is 122 Å². The zero-order valence-electron chi connectivity index (χ0n) is 27.6. The van der Waals surface area contributed by atoms with Gasteiger partial charge in [0.25, 0.3) is 0 Å². The molecule has 20 nitrogen and oxygen atoms in total. The third-order valence-corrected chi connectivity index (χ3v) is 7.85. The fourth-order valence-corrected chi connectivity index (χ4v) is 5.12. The second-order valence-electron chi connectivity index (χ2n) is 11.9. The van der Waals surface area contributed by atoms with Crippen LogP contribution in [-0.4, -0.2) is 127 Å². The number of carbonyl (C=O) groups is 9. The van der Waals surface area contributed by atoms with E-state index in [1.165, 1.54) is 24.3 Å². The number of nitrogens with one attached hydrogen (secondary N) is 4. The first-order valence-electron chi connectivity index (χ1n) is 15.8. The molecule has 1 aliphatic heterocycles. The first kappa shape index (κ1) is 41.4. The Bertz CT molecular complexity index is 1490. The van der Waals surface area contributed by atoms with Gasteiger partial charge in [0.1, 0.15) is 36.0 Å². The summed E-state index contributed by atoms with van der Waals surface area (Å²) in [6.45, 7) is 1.13. The van der Waals surface area contributed by atoms with Crippen molar-refractivity contribution in [1.82, 2.24) is 26.2 Å². The monoisotopic (exact) mass is 722 g/mol. The molecular weight excluding hydrogens is 680 g/mol. The number of carboxylic acid groups (broad SMARTS) is 4. The molecule has 1 fully saturated rings. The average Bonchev–Trinajstić information content (AvgIpc) is 3.54. The molecule has 0 aromatic heterocycles. The summed E-state index contributed by atoms with van der Waals surface area (Å²) in [4.78, 5) is 112. The Labute approximate surface area is 290 Å². The molecule has 0 unspecified atom stereocenters. The lowest BCUT2D eigenvalue weighted by molar-refractivity contribution is -0.144. The van der Waals surface area contributed by atoms with Crippen LogP contribution in [0.3, 0.4) is 0 Å². The first-order valence-corrected chi connectivity index (χ1v) is 15.8.